The molecule has 1 aliphatic heterocycles. The Kier molecular flexibility index (Phi) is 5.07. The van der Waals surface area contributed by atoms with Crippen LogP contribution in [0, 0.1) is 0 Å². The minimum absolute atomic E-state index is 0.0229. The molecule has 9 heteroatoms. The highest BCUT2D eigenvalue weighted by Crippen LogP contribution is 2.42. The molecule has 30 heavy (non-hydrogen) atoms. The maximum absolute atomic E-state index is 12.7. The van der Waals surface area contributed by atoms with Crippen molar-refractivity contribution in [2.45, 2.75) is 18.5 Å². The lowest BCUT2D eigenvalue weighted by molar-refractivity contribution is -0.132. The van der Waals surface area contributed by atoms with E-state index >= 15 is 0 Å². The van der Waals surface area contributed by atoms with Gasteiger partial charge in [-0.3, -0.25) is 14.5 Å². The van der Waals surface area contributed by atoms with Crippen molar-refractivity contribution in [2.24, 2.45) is 0 Å². The fraction of sp³-hybridized carbons (Fsp3) is 0.286. The van der Waals surface area contributed by atoms with Crippen LogP contribution in [0.3, 0.4) is 0 Å². The Labute approximate surface area is 174 Å². The lowest BCUT2D eigenvalue weighted by atomic mass is 10.1. The maximum Gasteiger partial charge on any atom is 0.325 e. The molecule has 1 atom stereocenters. The van der Waals surface area contributed by atoms with E-state index in [1.165, 1.54) is 0 Å². The van der Waals surface area contributed by atoms with Gasteiger partial charge in [0.2, 0.25) is 5.91 Å². The summed E-state index contributed by atoms with van der Waals surface area (Å²) in [6.07, 6.45) is 1.04. The third-order valence-electron chi connectivity index (χ3n) is 5.33. The average molecular weight is 427 g/mol. The molecule has 4 amide bonds. The van der Waals surface area contributed by atoms with Crippen molar-refractivity contribution in [1.29, 1.82) is 0 Å². The number of urea groups is 1. The van der Waals surface area contributed by atoms with E-state index in [0.717, 1.165) is 33.4 Å². The first-order valence-electron chi connectivity index (χ1n) is 9.52. The van der Waals surface area contributed by atoms with Crippen molar-refractivity contribution in [3.8, 4) is 11.1 Å². The number of sulfone groups is 1. The molecule has 0 bridgehead atoms. The van der Waals surface area contributed by atoms with Crippen LogP contribution in [0.5, 0.6) is 0 Å². The van der Waals surface area contributed by atoms with Gasteiger partial charge in [-0.25, -0.2) is 13.2 Å². The zero-order valence-electron chi connectivity index (χ0n) is 16.3. The summed E-state index contributed by atoms with van der Waals surface area (Å²) in [5.41, 5.74) is 3.98. The Morgan fingerprint density at radius 2 is 1.60 bits per heavy atom. The van der Waals surface area contributed by atoms with Crippen LogP contribution in [0.25, 0.3) is 11.1 Å². The molecule has 2 N–H and O–H groups in total. The zero-order valence-corrected chi connectivity index (χ0v) is 17.1. The van der Waals surface area contributed by atoms with Crippen molar-refractivity contribution in [3.63, 3.8) is 0 Å². The normalized spacial score (nSPS) is 18.2. The first-order chi connectivity index (χ1) is 14.2. The minimum atomic E-state index is -3.27. The van der Waals surface area contributed by atoms with E-state index < -0.39 is 40.3 Å². The molecular weight excluding hydrogens is 406 g/mol. The molecule has 8 nitrogen and oxygen atoms in total. The van der Waals surface area contributed by atoms with Crippen LogP contribution in [-0.2, 0) is 19.4 Å². The van der Waals surface area contributed by atoms with Gasteiger partial charge in [0.15, 0.2) is 0 Å². The molecule has 0 aromatic heterocycles. The van der Waals surface area contributed by atoms with Crippen LogP contribution in [0.1, 0.15) is 23.6 Å². The molecule has 1 heterocycles. The largest absolute Gasteiger partial charge is 0.344 e. The van der Waals surface area contributed by atoms with Crippen LogP contribution in [0.4, 0.5) is 4.79 Å². The number of fused-ring (bicyclic) bond motifs is 3. The van der Waals surface area contributed by atoms with Gasteiger partial charge in [-0.05, 0) is 28.7 Å². The predicted molar refractivity (Wildman–Crippen MR) is 110 cm³/mol. The van der Waals surface area contributed by atoms with Crippen molar-refractivity contribution < 1.29 is 22.8 Å². The van der Waals surface area contributed by atoms with E-state index in [1.807, 2.05) is 48.5 Å². The van der Waals surface area contributed by atoms with E-state index in [1.54, 1.807) is 0 Å². The average Bonchev–Trinajstić information content (AvgIpc) is 3.16. The smallest absolute Gasteiger partial charge is 0.325 e. The van der Waals surface area contributed by atoms with E-state index in [4.69, 9.17) is 0 Å². The molecule has 2 aromatic rings. The third kappa shape index (κ3) is 3.80. The molecule has 1 fully saturated rings. The molecule has 2 aliphatic rings. The molecule has 1 aliphatic carbocycles. The molecule has 1 saturated heterocycles. The Morgan fingerprint density at radius 1 is 1.03 bits per heavy atom. The number of benzene rings is 2. The Morgan fingerprint density at radius 3 is 2.17 bits per heavy atom. The van der Waals surface area contributed by atoms with Gasteiger partial charge in [-0.1, -0.05) is 48.5 Å². The minimum Gasteiger partial charge on any atom is -0.344 e. The van der Waals surface area contributed by atoms with Gasteiger partial charge < -0.3 is 10.6 Å². The second kappa shape index (κ2) is 7.56. The van der Waals surface area contributed by atoms with Crippen LogP contribution >= 0.6 is 0 Å². The highest BCUT2D eigenvalue weighted by Gasteiger charge is 2.39. The van der Waals surface area contributed by atoms with Gasteiger partial charge >= 0.3 is 6.03 Å². The number of hydrogen-bond acceptors (Lipinski definition) is 5. The van der Waals surface area contributed by atoms with E-state index in [-0.39, 0.29) is 18.2 Å². The Bertz CT molecular complexity index is 1100. The monoisotopic (exact) mass is 427 g/mol. The number of nitrogens with zero attached hydrogens (tertiary/aromatic N) is 1. The zero-order chi connectivity index (χ0) is 21.5. The highest BCUT2D eigenvalue weighted by atomic mass is 32.2. The first-order valence-corrected chi connectivity index (χ1v) is 11.6. The van der Waals surface area contributed by atoms with Crippen LogP contribution < -0.4 is 10.6 Å². The molecule has 0 saturated carbocycles. The van der Waals surface area contributed by atoms with Gasteiger partial charge in [0.05, 0.1) is 11.8 Å². The van der Waals surface area contributed by atoms with Crippen molar-refractivity contribution in [2.75, 3.05) is 18.6 Å². The number of carbonyl (C=O) groups excluding carboxylic acids is 3. The topological polar surface area (TPSA) is 113 Å². The standard InChI is InChI=1S/C21H21N3O5S/c1-30(28,29)11-10-17-20(26)24(21(27)22-17)12-18(25)23-19-15-8-4-2-6-13(15)14-7-3-5-9-16(14)19/h2-9,17,19H,10-12H2,1H3,(H,22,27)(H,23,25). The summed E-state index contributed by atoms with van der Waals surface area (Å²) >= 11 is 0. The van der Waals surface area contributed by atoms with Crippen molar-refractivity contribution >= 4 is 27.7 Å². The summed E-state index contributed by atoms with van der Waals surface area (Å²) in [5.74, 6) is -1.29. The number of carbonyl (C=O) groups is 3. The van der Waals surface area contributed by atoms with Crippen molar-refractivity contribution in [1.82, 2.24) is 15.5 Å². The number of nitrogens with one attached hydrogen (secondary N) is 2. The quantitative estimate of drug-likeness (QED) is 0.674. The number of rotatable bonds is 6. The number of imide groups is 1. The lowest BCUT2D eigenvalue weighted by Crippen LogP contribution is -2.42. The van der Waals surface area contributed by atoms with Gasteiger partial charge in [0, 0.05) is 6.26 Å². The fourth-order valence-electron chi connectivity index (χ4n) is 3.92. The summed E-state index contributed by atoms with van der Waals surface area (Å²) in [4.78, 5) is 38.2. The van der Waals surface area contributed by atoms with Crippen LogP contribution in [0.15, 0.2) is 48.5 Å². The second-order valence-corrected chi connectivity index (χ2v) is 9.78. The maximum atomic E-state index is 12.7. The molecule has 0 radical (unpaired) electrons. The molecule has 156 valence electrons. The van der Waals surface area contributed by atoms with Gasteiger partial charge in [0.25, 0.3) is 5.91 Å². The fourth-order valence-corrected chi connectivity index (χ4v) is 4.58. The molecule has 2 aromatic carbocycles. The highest BCUT2D eigenvalue weighted by molar-refractivity contribution is 7.90. The lowest BCUT2D eigenvalue weighted by Gasteiger charge is -2.18. The molecule has 4 rings (SSSR count). The molecule has 1 unspecified atom stereocenters. The van der Waals surface area contributed by atoms with Gasteiger partial charge in [-0.2, -0.15) is 0 Å². The Hall–Kier alpha value is -3.20. The second-order valence-electron chi connectivity index (χ2n) is 7.52. The summed E-state index contributed by atoms with van der Waals surface area (Å²) in [7, 11) is -3.27. The SMILES string of the molecule is CS(=O)(=O)CCC1NC(=O)N(CC(=O)NC2c3ccccc3-c3ccccc32)C1=O. The summed E-state index contributed by atoms with van der Waals surface area (Å²) in [6, 6.07) is 13.5. The van der Waals surface area contributed by atoms with Gasteiger partial charge in [-0.15, -0.1) is 0 Å². The summed E-state index contributed by atoms with van der Waals surface area (Å²) < 4.78 is 22.7. The van der Waals surface area contributed by atoms with Gasteiger partial charge in [0.1, 0.15) is 22.4 Å². The van der Waals surface area contributed by atoms with E-state index in [0.29, 0.717) is 0 Å². The summed E-state index contributed by atoms with van der Waals surface area (Å²) in [6.45, 7) is -0.430. The van der Waals surface area contributed by atoms with Crippen LogP contribution in [-0.4, -0.2) is 55.8 Å². The first kappa shape index (κ1) is 20.1. The Balaban J connectivity index is 1.47. The summed E-state index contributed by atoms with van der Waals surface area (Å²) in [5, 5.41) is 5.37. The van der Waals surface area contributed by atoms with Crippen LogP contribution in [0.2, 0.25) is 0 Å². The predicted octanol–water partition coefficient (Wildman–Crippen LogP) is 1.23. The number of hydrogen-bond donors (Lipinski definition) is 2. The van der Waals surface area contributed by atoms with E-state index in [9.17, 15) is 22.8 Å². The molecular formula is C21H21N3O5S. The van der Waals surface area contributed by atoms with E-state index in [2.05, 4.69) is 10.6 Å². The van der Waals surface area contributed by atoms with Crippen molar-refractivity contribution in [3.05, 3.63) is 59.7 Å². The third-order valence-corrected chi connectivity index (χ3v) is 6.30. The molecule has 0 spiro atoms. The number of amides is 4.